The van der Waals surface area contributed by atoms with Crippen LogP contribution in [0.1, 0.15) is 37.0 Å². The molecule has 0 aliphatic rings. The van der Waals surface area contributed by atoms with Crippen LogP contribution in [0.5, 0.6) is 0 Å². The predicted octanol–water partition coefficient (Wildman–Crippen LogP) is 1.37. The normalized spacial score (nSPS) is 14.7. The van der Waals surface area contributed by atoms with E-state index in [1.165, 1.54) is 0 Å². The SMILES string of the molecule is CCC(NC(=O)[C@@H](C)N)c1nc(C)cs1. The van der Waals surface area contributed by atoms with Crippen LogP contribution in [0, 0.1) is 6.92 Å². The molecule has 1 aromatic rings. The highest BCUT2D eigenvalue weighted by Crippen LogP contribution is 2.20. The Labute approximate surface area is 93.9 Å². The maximum Gasteiger partial charge on any atom is 0.237 e. The lowest BCUT2D eigenvalue weighted by atomic mass is 10.2. The van der Waals surface area contributed by atoms with Gasteiger partial charge in [0, 0.05) is 11.1 Å². The van der Waals surface area contributed by atoms with Crippen LogP contribution in [0.25, 0.3) is 0 Å². The molecule has 0 saturated heterocycles. The van der Waals surface area contributed by atoms with E-state index in [4.69, 9.17) is 5.73 Å². The summed E-state index contributed by atoms with van der Waals surface area (Å²) in [5, 5.41) is 5.81. The van der Waals surface area contributed by atoms with Crippen LogP contribution in [0.4, 0.5) is 0 Å². The summed E-state index contributed by atoms with van der Waals surface area (Å²) in [6.45, 7) is 5.64. The van der Waals surface area contributed by atoms with Gasteiger partial charge in [0.2, 0.25) is 5.91 Å². The number of hydrogen-bond donors (Lipinski definition) is 2. The second-order valence-corrected chi connectivity index (χ2v) is 4.47. The number of carbonyl (C=O) groups excluding carboxylic acids is 1. The molecule has 1 amide bonds. The van der Waals surface area contributed by atoms with Crippen molar-refractivity contribution < 1.29 is 4.79 Å². The van der Waals surface area contributed by atoms with Gasteiger partial charge in [0.1, 0.15) is 5.01 Å². The highest BCUT2D eigenvalue weighted by molar-refractivity contribution is 7.09. The van der Waals surface area contributed by atoms with Crippen molar-refractivity contribution in [2.45, 2.75) is 39.3 Å². The van der Waals surface area contributed by atoms with Gasteiger partial charge in [-0.2, -0.15) is 0 Å². The van der Waals surface area contributed by atoms with E-state index in [2.05, 4.69) is 10.3 Å². The third kappa shape index (κ3) is 3.28. The maximum absolute atomic E-state index is 11.4. The van der Waals surface area contributed by atoms with E-state index < -0.39 is 6.04 Å². The molecule has 0 radical (unpaired) electrons. The fraction of sp³-hybridized carbons (Fsp3) is 0.600. The number of amides is 1. The Morgan fingerprint density at radius 2 is 2.40 bits per heavy atom. The average Bonchev–Trinajstić information content (AvgIpc) is 2.60. The molecule has 1 aromatic heterocycles. The number of rotatable bonds is 4. The van der Waals surface area contributed by atoms with Crippen LogP contribution >= 0.6 is 11.3 Å². The van der Waals surface area contributed by atoms with E-state index in [1.54, 1.807) is 18.3 Å². The van der Waals surface area contributed by atoms with Gasteiger partial charge in [0.25, 0.3) is 0 Å². The molecule has 0 spiro atoms. The standard InChI is InChI=1S/C10H17N3OS/c1-4-8(13-9(14)7(3)11)10-12-6(2)5-15-10/h5,7-8H,4,11H2,1-3H3,(H,13,14)/t7-,8?/m1/s1. The summed E-state index contributed by atoms with van der Waals surface area (Å²) in [6.07, 6.45) is 0.825. The lowest BCUT2D eigenvalue weighted by Gasteiger charge is -2.15. The number of thiazole rings is 1. The number of carbonyl (C=O) groups is 1. The minimum absolute atomic E-state index is 0.0119. The zero-order valence-electron chi connectivity index (χ0n) is 9.28. The Morgan fingerprint density at radius 3 is 2.80 bits per heavy atom. The van der Waals surface area contributed by atoms with Gasteiger partial charge in [-0.3, -0.25) is 4.79 Å². The van der Waals surface area contributed by atoms with E-state index in [0.29, 0.717) is 0 Å². The first-order valence-electron chi connectivity index (χ1n) is 5.02. The molecule has 1 rings (SSSR count). The van der Waals surface area contributed by atoms with Crippen LogP contribution in [0.2, 0.25) is 0 Å². The van der Waals surface area contributed by atoms with Crippen molar-refractivity contribution in [3.63, 3.8) is 0 Å². The number of nitrogens with zero attached hydrogens (tertiary/aromatic N) is 1. The van der Waals surface area contributed by atoms with Gasteiger partial charge >= 0.3 is 0 Å². The molecule has 0 aromatic carbocycles. The Hall–Kier alpha value is -0.940. The Kier molecular flexibility index (Phi) is 4.23. The largest absolute Gasteiger partial charge is 0.346 e. The number of nitrogens with two attached hydrogens (primary N) is 1. The van der Waals surface area contributed by atoms with Crippen LogP contribution in [-0.2, 0) is 4.79 Å². The van der Waals surface area contributed by atoms with E-state index >= 15 is 0 Å². The lowest BCUT2D eigenvalue weighted by Crippen LogP contribution is -2.40. The number of hydrogen-bond acceptors (Lipinski definition) is 4. The second kappa shape index (κ2) is 5.23. The van der Waals surface area contributed by atoms with Crippen molar-refractivity contribution in [3.8, 4) is 0 Å². The first kappa shape index (κ1) is 12.1. The van der Waals surface area contributed by atoms with E-state index in [9.17, 15) is 4.79 Å². The molecule has 3 N–H and O–H groups in total. The Morgan fingerprint density at radius 1 is 1.73 bits per heavy atom. The summed E-state index contributed by atoms with van der Waals surface area (Å²) in [5.41, 5.74) is 6.48. The predicted molar refractivity (Wildman–Crippen MR) is 61.7 cm³/mol. The molecule has 0 bridgehead atoms. The van der Waals surface area contributed by atoms with Crippen LogP contribution < -0.4 is 11.1 Å². The Bertz CT molecular complexity index is 335. The first-order chi connectivity index (χ1) is 7.04. The molecule has 0 aliphatic carbocycles. The van der Waals surface area contributed by atoms with Crippen molar-refractivity contribution in [2.75, 3.05) is 0 Å². The fourth-order valence-corrected chi connectivity index (χ4v) is 2.10. The molecule has 84 valence electrons. The van der Waals surface area contributed by atoms with Crippen LogP contribution in [0.3, 0.4) is 0 Å². The van der Waals surface area contributed by atoms with E-state index in [1.807, 2.05) is 19.2 Å². The van der Waals surface area contributed by atoms with Gasteiger partial charge in [-0.25, -0.2) is 4.98 Å². The lowest BCUT2D eigenvalue weighted by molar-refractivity contribution is -0.122. The monoisotopic (exact) mass is 227 g/mol. The fourth-order valence-electron chi connectivity index (χ4n) is 1.17. The number of nitrogens with one attached hydrogen (secondary N) is 1. The summed E-state index contributed by atoms with van der Waals surface area (Å²) in [7, 11) is 0. The summed E-state index contributed by atoms with van der Waals surface area (Å²) in [6, 6.07) is -0.484. The average molecular weight is 227 g/mol. The van der Waals surface area contributed by atoms with Crippen LogP contribution in [-0.4, -0.2) is 16.9 Å². The molecular formula is C10H17N3OS. The molecule has 0 fully saturated rings. The van der Waals surface area contributed by atoms with Gasteiger partial charge in [-0.15, -0.1) is 11.3 Å². The molecule has 0 aliphatic heterocycles. The van der Waals surface area contributed by atoms with E-state index in [0.717, 1.165) is 17.1 Å². The van der Waals surface area contributed by atoms with Crippen LogP contribution in [0.15, 0.2) is 5.38 Å². The first-order valence-corrected chi connectivity index (χ1v) is 5.90. The maximum atomic E-state index is 11.4. The zero-order valence-corrected chi connectivity index (χ0v) is 10.1. The summed E-state index contributed by atoms with van der Waals surface area (Å²) >= 11 is 1.57. The molecular weight excluding hydrogens is 210 g/mol. The second-order valence-electron chi connectivity index (χ2n) is 3.59. The number of aromatic nitrogens is 1. The summed E-state index contributed by atoms with van der Waals surface area (Å²) in [4.78, 5) is 15.8. The molecule has 4 nitrogen and oxygen atoms in total. The molecule has 5 heteroatoms. The highest BCUT2D eigenvalue weighted by Gasteiger charge is 2.17. The van der Waals surface area contributed by atoms with Crippen molar-refractivity contribution in [1.29, 1.82) is 0 Å². The highest BCUT2D eigenvalue weighted by atomic mass is 32.1. The molecule has 2 atom stereocenters. The van der Waals surface area contributed by atoms with Gasteiger partial charge in [0.05, 0.1) is 12.1 Å². The third-order valence-corrected chi connectivity index (χ3v) is 3.15. The molecule has 0 saturated carbocycles. The van der Waals surface area contributed by atoms with Gasteiger partial charge in [0.15, 0.2) is 0 Å². The topological polar surface area (TPSA) is 68.0 Å². The zero-order chi connectivity index (χ0) is 11.4. The molecule has 1 heterocycles. The smallest absolute Gasteiger partial charge is 0.237 e. The van der Waals surface area contributed by atoms with Crippen molar-refractivity contribution >= 4 is 17.2 Å². The minimum Gasteiger partial charge on any atom is -0.346 e. The number of aryl methyl sites for hydroxylation is 1. The van der Waals surface area contributed by atoms with E-state index in [-0.39, 0.29) is 11.9 Å². The molecule has 15 heavy (non-hydrogen) atoms. The quantitative estimate of drug-likeness (QED) is 0.816. The van der Waals surface area contributed by atoms with Crippen molar-refractivity contribution in [2.24, 2.45) is 5.73 Å². The van der Waals surface area contributed by atoms with Gasteiger partial charge < -0.3 is 11.1 Å². The summed E-state index contributed by atoms with van der Waals surface area (Å²) in [5.74, 6) is -0.130. The minimum atomic E-state index is -0.472. The van der Waals surface area contributed by atoms with Gasteiger partial charge in [-0.1, -0.05) is 6.92 Å². The third-order valence-electron chi connectivity index (χ3n) is 2.07. The van der Waals surface area contributed by atoms with Crippen molar-refractivity contribution in [1.82, 2.24) is 10.3 Å². The Balaban J connectivity index is 2.68. The molecule has 1 unspecified atom stereocenters. The van der Waals surface area contributed by atoms with Gasteiger partial charge in [-0.05, 0) is 20.3 Å². The van der Waals surface area contributed by atoms with Crippen molar-refractivity contribution in [3.05, 3.63) is 16.1 Å². The summed E-state index contributed by atoms with van der Waals surface area (Å²) < 4.78 is 0.